The summed E-state index contributed by atoms with van der Waals surface area (Å²) < 4.78 is 0. The van der Waals surface area contributed by atoms with Crippen LogP contribution in [0.2, 0.25) is 0 Å². The first-order valence-corrected chi connectivity index (χ1v) is 5.77. The van der Waals surface area contributed by atoms with E-state index in [0.29, 0.717) is 0 Å². The van der Waals surface area contributed by atoms with Gasteiger partial charge in [0.15, 0.2) is 0 Å². The van der Waals surface area contributed by atoms with Crippen LogP contribution in [0.1, 0.15) is 18.4 Å². The number of carboxylic acids is 1. The van der Waals surface area contributed by atoms with Crippen LogP contribution in [-0.4, -0.2) is 23.7 Å². The summed E-state index contributed by atoms with van der Waals surface area (Å²) in [5.41, 5.74) is 1.29. The molecule has 0 heterocycles. The van der Waals surface area contributed by atoms with Crippen molar-refractivity contribution in [2.24, 2.45) is 5.92 Å². The molecule has 0 aromatic heterocycles. The van der Waals surface area contributed by atoms with Crippen LogP contribution in [-0.2, 0) is 11.2 Å². The van der Waals surface area contributed by atoms with Gasteiger partial charge in [0.2, 0.25) is 0 Å². The van der Waals surface area contributed by atoms with Gasteiger partial charge in [0, 0.05) is 6.04 Å². The molecule has 1 aliphatic rings. The largest absolute Gasteiger partial charge is 0.481 e. The van der Waals surface area contributed by atoms with Crippen molar-refractivity contribution in [2.45, 2.75) is 25.3 Å². The first-order valence-electron chi connectivity index (χ1n) is 5.77. The second kappa shape index (κ2) is 5.12. The van der Waals surface area contributed by atoms with Gasteiger partial charge < -0.3 is 10.4 Å². The lowest BCUT2D eigenvalue weighted by atomic mass is 9.79. The first-order chi connectivity index (χ1) is 7.77. The summed E-state index contributed by atoms with van der Waals surface area (Å²) >= 11 is 0. The van der Waals surface area contributed by atoms with Gasteiger partial charge in [-0.2, -0.15) is 0 Å². The molecule has 0 bridgehead atoms. The molecule has 3 heteroatoms. The molecule has 3 nitrogen and oxygen atoms in total. The molecule has 2 rings (SSSR count). The fraction of sp³-hybridized carbons (Fsp3) is 0.462. The van der Waals surface area contributed by atoms with Crippen LogP contribution in [0.25, 0.3) is 0 Å². The Bertz CT molecular complexity index is 350. The molecule has 0 radical (unpaired) electrons. The third-order valence-electron chi connectivity index (χ3n) is 3.25. The number of aliphatic carboxylic acids is 1. The zero-order valence-corrected chi connectivity index (χ0v) is 9.23. The Morgan fingerprint density at radius 3 is 2.62 bits per heavy atom. The number of benzene rings is 1. The van der Waals surface area contributed by atoms with Crippen molar-refractivity contribution >= 4 is 5.97 Å². The quantitative estimate of drug-likeness (QED) is 0.792. The van der Waals surface area contributed by atoms with Crippen molar-refractivity contribution in [3.63, 3.8) is 0 Å². The van der Waals surface area contributed by atoms with Crippen LogP contribution >= 0.6 is 0 Å². The van der Waals surface area contributed by atoms with Crippen LogP contribution in [0.5, 0.6) is 0 Å². The minimum atomic E-state index is -0.663. The van der Waals surface area contributed by atoms with Crippen molar-refractivity contribution < 1.29 is 9.90 Å². The number of carboxylic acid groups (broad SMARTS) is 1. The van der Waals surface area contributed by atoms with E-state index in [1.165, 1.54) is 5.56 Å². The maximum absolute atomic E-state index is 10.8. The van der Waals surface area contributed by atoms with Gasteiger partial charge in [-0.05, 0) is 31.4 Å². The van der Waals surface area contributed by atoms with E-state index in [1.54, 1.807) is 0 Å². The van der Waals surface area contributed by atoms with E-state index in [9.17, 15) is 4.79 Å². The van der Waals surface area contributed by atoms with Crippen molar-refractivity contribution in [1.29, 1.82) is 0 Å². The highest BCUT2D eigenvalue weighted by Crippen LogP contribution is 2.27. The topological polar surface area (TPSA) is 49.3 Å². The maximum atomic E-state index is 10.8. The Morgan fingerprint density at radius 2 is 2.06 bits per heavy atom. The SMILES string of the molecule is O=C(O)C1CCC1NCCc1ccccc1. The Hall–Kier alpha value is -1.35. The summed E-state index contributed by atoms with van der Waals surface area (Å²) in [5, 5.41) is 12.2. The maximum Gasteiger partial charge on any atom is 0.308 e. The van der Waals surface area contributed by atoms with Crippen LogP contribution in [0.4, 0.5) is 0 Å². The molecule has 1 aromatic rings. The molecule has 0 spiro atoms. The van der Waals surface area contributed by atoms with Crippen molar-refractivity contribution in [3.8, 4) is 0 Å². The monoisotopic (exact) mass is 219 g/mol. The smallest absolute Gasteiger partial charge is 0.308 e. The van der Waals surface area contributed by atoms with Gasteiger partial charge >= 0.3 is 5.97 Å². The summed E-state index contributed by atoms with van der Waals surface area (Å²) in [6.07, 6.45) is 2.77. The molecular weight excluding hydrogens is 202 g/mol. The zero-order valence-electron chi connectivity index (χ0n) is 9.23. The van der Waals surface area contributed by atoms with Gasteiger partial charge in [-0.25, -0.2) is 0 Å². The minimum absolute atomic E-state index is 0.171. The average Bonchev–Trinajstić information content (AvgIpc) is 2.23. The second-order valence-electron chi connectivity index (χ2n) is 4.32. The summed E-state index contributed by atoms with van der Waals surface area (Å²) in [5.74, 6) is -0.834. The molecule has 2 N–H and O–H groups in total. The van der Waals surface area contributed by atoms with Gasteiger partial charge in [-0.15, -0.1) is 0 Å². The second-order valence-corrected chi connectivity index (χ2v) is 4.32. The van der Waals surface area contributed by atoms with Crippen LogP contribution in [0, 0.1) is 5.92 Å². The van der Waals surface area contributed by atoms with Crippen LogP contribution in [0.3, 0.4) is 0 Å². The van der Waals surface area contributed by atoms with Gasteiger partial charge in [0.25, 0.3) is 0 Å². The van der Waals surface area contributed by atoms with E-state index >= 15 is 0 Å². The third-order valence-corrected chi connectivity index (χ3v) is 3.25. The molecule has 2 atom stereocenters. The minimum Gasteiger partial charge on any atom is -0.481 e. The number of rotatable bonds is 5. The molecule has 0 saturated heterocycles. The molecule has 1 saturated carbocycles. The summed E-state index contributed by atoms with van der Waals surface area (Å²) in [6, 6.07) is 10.4. The Morgan fingerprint density at radius 1 is 1.31 bits per heavy atom. The van der Waals surface area contributed by atoms with Gasteiger partial charge in [0.1, 0.15) is 0 Å². The summed E-state index contributed by atoms with van der Waals surface area (Å²) in [6.45, 7) is 0.860. The highest BCUT2D eigenvalue weighted by Gasteiger charge is 2.35. The standard InChI is InChI=1S/C13H17NO2/c15-13(16)11-6-7-12(11)14-9-8-10-4-2-1-3-5-10/h1-5,11-12,14H,6-9H2,(H,15,16). The van der Waals surface area contributed by atoms with E-state index in [-0.39, 0.29) is 12.0 Å². The highest BCUT2D eigenvalue weighted by atomic mass is 16.4. The van der Waals surface area contributed by atoms with E-state index in [2.05, 4.69) is 17.4 Å². The van der Waals surface area contributed by atoms with Crippen LogP contribution in [0.15, 0.2) is 30.3 Å². The number of hydrogen-bond donors (Lipinski definition) is 2. The van der Waals surface area contributed by atoms with Crippen molar-refractivity contribution in [1.82, 2.24) is 5.32 Å². The van der Waals surface area contributed by atoms with E-state index in [1.807, 2.05) is 18.2 Å². The number of nitrogens with one attached hydrogen (secondary N) is 1. The van der Waals surface area contributed by atoms with E-state index < -0.39 is 5.97 Å². The molecular formula is C13H17NO2. The first kappa shape index (κ1) is 11.1. The van der Waals surface area contributed by atoms with E-state index in [0.717, 1.165) is 25.8 Å². The van der Waals surface area contributed by atoms with Gasteiger partial charge in [0.05, 0.1) is 5.92 Å². The third kappa shape index (κ3) is 2.61. The number of carbonyl (C=O) groups is 1. The fourth-order valence-corrected chi connectivity index (χ4v) is 2.09. The predicted octanol–water partition coefficient (Wildman–Crippen LogP) is 1.68. The molecule has 16 heavy (non-hydrogen) atoms. The Balaban J connectivity index is 1.71. The zero-order chi connectivity index (χ0) is 11.4. The number of hydrogen-bond acceptors (Lipinski definition) is 2. The molecule has 0 aliphatic heterocycles. The lowest BCUT2D eigenvalue weighted by molar-refractivity contribution is -0.146. The Kier molecular flexibility index (Phi) is 3.57. The molecule has 1 aromatic carbocycles. The summed E-state index contributed by atoms with van der Waals surface area (Å²) in [4.78, 5) is 10.8. The summed E-state index contributed by atoms with van der Waals surface area (Å²) in [7, 11) is 0. The van der Waals surface area contributed by atoms with E-state index in [4.69, 9.17) is 5.11 Å². The molecule has 1 aliphatic carbocycles. The molecule has 2 unspecified atom stereocenters. The fourth-order valence-electron chi connectivity index (χ4n) is 2.09. The highest BCUT2D eigenvalue weighted by molar-refractivity contribution is 5.72. The van der Waals surface area contributed by atoms with Gasteiger partial charge in [-0.3, -0.25) is 4.79 Å². The molecule has 0 amide bonds. The van der Waals surface area contributed by atoms with Crippen molar-refractivity contribution in [2.75, 3.05) is 6.54 Å². The lowest BCUT2D eigenvalue weighted by Crippen LogP contribution is -2.48. The van der Waals surface area contributed by atoms with Crippen LogP contribution < -0.4 is 5.32 Å². The normalized spacial score (nSPS) is 23.8. The average molecular weight is 219 g/mol. The lowest BCUT2D eigenvalue weighted by Gasteiger charge is -2.34. The van der Waals surface area contributed by atoms with Crippen molar-refractivity contribution in [3.05, 3.63) is 35.9 Å². The molecule has 86 valence electrons. The predicted molar refractivity (Wildman–Crippen MR) is 62.3 cm³/mol. The van der Waals surface area contributed by atoms with Gasteiger partial charge in [-0.1, -0.05) is 30.3 Å². The molecule has 1 fully saturated rings. The Labute approximate surface area is 95.5 Å².